The highest BCUT2D eigenvalue weighted by atomic mass is 35.5. The molecule has 1 atom stereocenters. The zero-order chi connectivity index (χ0) is 19.0. The molecule has 2 aromatic rings. The van der Waals surface area contributed by atoms with Crippen molar-refractivity contribution in [3.8, 4) is 0 Å². The molecule has 0 spiro atoms. The molecule has 1 aliphatic carbocycles. The zero-order valence-electron chi connectivity index (χ0n) is 14.7. The molecular formula is C17H21ClN4O3S2. The van der Waals surface area contributed by atoms with Crippen LogP contribution in [0.3, 0.4) is 0 Å². The molecular weight excluding hydrogens is 408 g/mol. The summed E-state index contributed by atoms with van der Waals surface area (Å²) in [4.78, 5) is 26.5. The van der Waals surface area contributed by atoms with Crippen LogP contribution in [0.1, 0.15) is 32.1 Å². The maximum atomic E-state index is 13.0. The second-order valence-corrected chi connectivity index (χ2v) is 10.8. The molecule has 2 aliphatic rings. The van der Waals surface area contributed by atoms with Gasteiger partial charge in [-0.2, -0.15) is 0 Å². The number of imidazole rings is 1. The number of sulfone groups is 1. The quantitative estimate of drug-likeness (QED) is 0.735. The van der Waals surface area contributed by atoms with Crippen molar-refractivity contribution < 1.29 is 13.2 Å². The average molecular weight is 429 g/mol. The number of halogens is 1. The lowest BCUT2D eigenvalue weighted by molar-refractivity contribution is -0.132. The number of carbonyl (C=O) groups excluding carboxylic acids is 1. The Kier molecular flexibility index (Phi) is 5.35. The van der Waals surface area contributed by atoms with Crippen molar-refractivity contribution in [2.45, 2.75) is 49.3 Å². The first kappa shape index (κ1) is 19.0. The fourth-order valence-electron chi connectivity index (χ4n) is 4.01. The van der Waals surface area contributed by atoms with Crippen LogP contribution in [0.15, 0.2) is 17.4 Å². The molecule has 1 N–H and O–H groups in total. The molecule has 1 amide bonds. The van der Waals surface area contributed by atoms with Crippen molar-refractivity contribution in [1.29, 1.82) is 0 Å². The van der Waals surface area contributed by atoms with Crippen molar-refractivity contribution in [2.75, 3.05) is 17.3 Å². The van der Waals surface area contributed by atoms with E-state index in [9.17, 15) is 13.2 Å². The Bertz CT molecular complexity index is 956. The van der Waals surface area contributed by atoms with Gasteiger partial charge in [-0.05, 0) is 25.3 Å². The number of nitrogens with one attached hydrogen (secondary N) is 1. The van der Waals surface area contributed by atoms with Crippen LogP contribution >= 0.6 is 23.4 Å². The minimum atomic E-state index is -3.03. The van der Waals surface area contributed by atoms with Crippen molar-refractivity contribution in [3.63, 3.8) is 0 Å². The number of fused-ring (bicyclic) bond motifs is 1. The van der Waals surface area contributed by atoms with E-state index in [1.807, 2.05) is 4.90 Å². The Morgan fingerprint density at radius 3 is 2.78 bits per heavy atom. The van der Waals surface area contributed by atoms with Gasteiger partial charge in [0, 0.05) is 18.3 Å². The van der Waals surface area contributed by atoms with Gasteiger partial charge in [0.05, 0.1) is 27.8 Å². The van der Waals surface area contributed by atoms with Crippen LogP contribution < -0.4 is 0 Å². The monoisotopic (exact) mass is 428 g/mol. The Morgan fingerprint density at radius 2 is 2.07 bits per heavy atom. The van der Waals surface area contributed by atoms with Crippen molar-refractivity contribution >= 4 is 50.3 Å². The lowest BCUT2D eigenvalue weighted by atomic mass is 10.1. The topological polar surface area (TPSA) is 96.0 Å². The molecule has 4 rings (SSSR count). The van der Waals surface area contributed by atoms with E-state index >= 15 is 0 Å². The van der Waals surface area contributed by atoms with E-state index in [-0.39, 0.29) is 35.2 Å². The SMILES string of the molecule is O=C(CSc1nc2ncc(Cl)cc2[nH]1)N(C1CCCC1)[C@@H]1CCS(=O)(=O)C1. The number of nitrogens with zero attached hydrogens (tertiary/aromatic N) is 3. The average Bonchev–Trinajstić information content (AvgIpc) is 3.33. The van der Waals surface area contributed by atoms with Crippen molar-refractivity contribution in [2.24, 2.45) is 0 Å². The summed E-state index contributed by atoms with van der Waals surface area (Å²) < 4.78 is 23.8. The van der Waals surface area contributed by atoms with Gasteiger partial charge >= 0.3 is 0 Å². The third-order valence-electron chi connectivity index (χ3n) is 5.22. The zero-order valence-corrected chi connectivity index (χ0v) is 17.1. The number of pyridine rings is 1. The third-order valence-corrected chi connectivity index (χ3v) is 8.04. The number of aromatic amines is 1. The Labute approximate surface area is 167 Å². The summed E-state index contributed by atoms with van der Waals surface area (Å²) in [6.45, 7) is 0. The van der Waals surface area contributed by atoms with Crippen molar-refractivity contribution in [3.05, 3.63) is 17.3 Å². The molecule has 1 aliphatic heterocycles. The van der Waals surface area contributed by atoms with Crippen LogP contribution in [0.2, 0.25) is 5.02 Å². The minimum Gasteiger partial charge on any atom is -0.335 e. The fraction of sp³-hybridized carbons (Fsp3) is 0.588. The summed E-state index contributed by atoms with van der Waals surface area (Å²) in [5.41, 5.74) is 1.29. The summed E-state index contributed by atoms with van der Waals surface area (Å²) in [6, 6.07) is 1.71. The number of thioether (sulfide) groups is 1. The largest absolute Gasteiger partial charge is 0.335 e. The van der Waals surface area contributed by atoms with Crippen LogP contribution in [0.25, 0.3) is 11.2 Å². The Balaban J connectivity index is 1.47. The summed E-state index contributed by atoms with van der Waals surface area (Å²) in [5, 5.41) is 1.13. The standard InChI is InChI=1S/C17H21ClN4O3S2/c18-11-7-14-16(19-8-11)21-17(20-14)26-9-15(23)22(12-3-1-2-4-12)13-5-6-27(24,25)10-13/h7-8,12-13H,1-6,9-10H2,(H,19,20,21)/t13-/m1/s1. The Hall–Kier alpha value is -1.32. The molecule has 2 aromatic heterocycles. The predicted octanol–water partition coefficient (Wildman–Crippen LogP) is 2.66. The van der Waals surface area contributed by atoms with Crippen molar-refractivity contribution in [1.82, 2.24) is 19.9 Å². The predicted molar refractivity (Wildman–Crippen MR) is 106 cm³/mol. The molecule has 0 unspecified atom stereocenters. The van der Waals surface area contributed by atoms with E-state index in [0.717, 1.165) is 31.2 Å². The maximum absolute atomic E-state index is 13.0. The van der Waals surface area contributed by atoms with Crippen LogP contribution in [0.5, 0.6) is 0 Å². The molecule has 27 heavy (non-hydrogen) atoms. The van der Waals surface area contributed by atoms with E-state index in [0.29, 0.717) is 22.2 Å². The maximum Gasteiger partial charge on any atom is 0.233 e. The summed E-state index contributed by atoms with van der Waals surface area (Å²) in [5.74, 6) is 0.477. The molecule has 7 nitrogen and oxygen atoms in total. The van der Waals surface area contributed by atoms with Gasteiger partial charge in [0.2, 0.25) is 5.91 Å². The van der Waals surface area contributed by atoms with Gasteiger partial charge < -0.3 is 9.88 Å². The molecule has 10 heteroatoms. The molecule has 1 saturated heterocycles. The number of hydrogen-bond donors (Lipinski definition) is 1. The van der Waals surface area contributed by atoms with Gasteiger partial charge in [0.1, 0.15) is 0 Å². The van der Waals surface area contributed by atoms with E-state index < -0.39 is 9.84 Å². The Morgan fingerprint density at radius 1 is 1.30 bits per heavy atom. The third kappa shape index (κ3) is 4.25. The van der Waals surface area contributed by atoms with E-state index in [1.54, 1.807) is 6.07 Å². The first-order chi connectivity index (χ1) is 12.9. The first-order valence-electron chi connectivity index (χ1n) is 9.07. The van der Waals surface area contributed by atoms with E-state index in [1.165, 1.54) is 18.0 Å². The normalized spacial score (nSPS) is 22.5. The molecule has 0 bridgehead atoms. The molecule has 2 fully saturated rings. The van der Waals surface area contributed by atoms with Crippen LogP contribution in [0, 0.1) is 0 Å². The lowest BCUT2D eigenvalue weighted by Crippen LogP contribution is -2.47. The minimum absolute atomic E-state index is 0.0135. The van der Waals surface area contributed by atoms with Gasteiger partial charge in [-0.1, -0.05) is 36.2 Å². The number of amides is 1. The molecule has 146 valence electrons. The summed E-state index contributed by atoms with van der Waals surface area (Å²) >= 11 is 7.25. The van der Waals surface area contributed by atoms with E-state index in [2.05, 4.69) is 15.0 Å². The highest BCUT2D eigenvalue weighted by molar-refractivity contribution is 7.99. The van der Waals surface area contributed by atoms with Crippen LogP contribution in [-0.4, -0.2) is 63.5 Å². The smallest absolute Gasteiger partial charge is 0.233 e. The van der Waals surface area contributed by atoms with Gasteiger partial charge in [-0.15, -0.1) is 0 Å². The van der Waals surface area contributed by atoms with Gasteiger partial charge in [0.15, 0.2) is 20.6 Å². The first-order valence-corrected chi connectivity index (χ1v) is 12.3. The number of hydrogen-bond acceptors (Lipinski definition) is 6. The highest BCUT2D eigenvalue weighted by Crippen LogP contribution is 2.30. The lowest BCUT2D eigenvalue weighted by Gasteiger charge is -2.34. The number of rotatable bonds is 5. The van der Waals surface area contributed by atoms with Crippen LogP contribution in [0.4, 0.5) is 0 Å². The second-order valence-electron chi connectivity index (χ2n) is 7.15. The number of carbonyl (C=O) groups is 1. The van der Waals surface area contributed by atoms with Gasteiger partial charge in [-0.3, -0.25) is 4.79 Å². The molecule has 0 radical (unpaired) electrons. The van der Waals surface area contributed by atoms with E-state index in [4.69, 9.17) is 11.6 Å². The van der Waals surface area contributed by atoms with Gasteiger partial charge in [-0.25, -0.2) is 18.4 Å². The highest BCUT2D eigenvalue weighted by Gasteiger charge is 2.38. The van der Waals surface area contributed by atoms with Gasteiger partial charge in [0.25, 0.3) is 0 Å². The number of aromatic nitrogens is 3. The molecule has 0 aromatic carbocycles. The summed E-state index contributed by atoms with van der Waals surface area (Å²) in [6.07, 6.45) is 6.18. The van der Waals surface area contributed by atoms with Crippen LogP contribution in [-0.2, 0) is 14.6 Å². The molecule has 1 saturated carbocycles. The fourth-order valence-corrected chi connectivity index (χ4v) is 6.62. The number of H-pyrrole nitrogens is 1. The summed E-state index contributed by atoms with van der Waals surface area (Å²) in [7, 11) is -3.03. The molecule has 3 heterocycles. The second kappa shape index (κ2) is 7.60.